The molecule has 1 atom stereocenters. The molecule has 0 radical (unpaired) electrons. The number of imidazole rings is 1. The Morgan fingerprint density at radius 1 is 1.30 bits per heavy atom. The van der Waals surface area contributed by atoms with Crippen molar-refractivity contribution in [3.05, 3.63) is 44.1 Å². The van der Waals surface area contributed by atoms with Crippen molar-refractivity contribution in [2.45, 2.75) is 33.7 Å². The summed E-state index contributed by atoms with van der Waals surface area (Å²) in [6.45, 7) is 8.40. The molecule has 0 saturated heterocycles. The average Bonchev–Trinajstić information content (AvgIpc) is 2.89. The fraction of sp³-hybridized carbons (Fsp3) is 0.333. The van der Waals surface area contributed by atoms with Gasteiger partial charge in [0, 0.05) is 0 Å². The fourth-order valence-corrected chi connectivity index (χ4v) is 4.06. The van der Waals surface area contributed by atoms with E-state index in [-0.39, 0.29) is 6.04 Å². The molecule has 0 bridgehead atoms. The minimum absolute atomic E-state index is 0.198. The first-order chi connectivity index (χ1) is 9.49. The Bertz CT molecular complexity index is 839. The number of fused-ring (bicyclic) bond motifs is 1. The Morgan fingerprint density at radius 2 is 2.05 bits per heavy atom. The van der Waals surface area contributed by atoms with Gasteiger partial charge in [-0.05, 0) is 51.5 Å². The molecule has 0 aliphatic rings. The van der Waals surface area contributed by atoms with Gasteiger partial charge in [0.1, 0.15) is 0 Å². The molecule has 3 aromatic rings. The highest BCUT2D eigenvalue weighted by atomic mass is 32.1. The Labute approximate surface area is 127 Å². The van der Waals surface area contributed by atoms with Crippen LogP contribution in [-0.2, 0) is 0 Å². The maximum atomic E-state index is 5.53. The van der Waals surface area contributed by atoms with E-state index in [1.165, 1.54) is 10.4 Å². The van der Waals surface area contributed by atoms with Crippen LogP contribution in [0.5, 0.6) is 0 Å². The summed E-state index contributed by atoms with van der Waals surface area (Å²) in [4.78, 5) is 9.14. The summed E-state index contributed by atoms with van der Waals surface area (Å²) in [6.07, 6.45) is 0. The van der Waals surface area contributed by atoms with Crippen LogP contribution < -0.4 is 0 Å². The molecule has 5 heteroatoms. The zero-order valence-corrected chi connectivity index (χ0v) is 13.7. The standard InChI is InChI=1S/C15H17N3S2/c1-8-6-5-7-12-13(8)17-15(19)18(12)10(3)14-9(2)16-11(4)20-14/h5-7,10H,1-4H3,(H,17,19). The zero-order valence-electron chi connectivity index (χ0n) is 12.0. The summed E-state index contributed by atoms with van der Waals surface area (Å²) >= 11 is 7.28. The lowest BCUT2D eigenvalue weighted by Crippen LogP contribution is -2.06. The summed E-state index contributed by atoms with van der Waals surface area (Å²) in [5, 5.41) is 1.10. The first kappa shape index (κ1) is 13.5. The van der Waals surface area contributed by atoms with Crippen molar-refractivity contribution in [2.75, 3.05) is 0 Å². The molecule has 0 saturated carbocycles. The van der Waals surface area contributed by atoms with Crippen molar-refractivity contribution in [2.24, 2.45) is 0 Å². The van der Waals surface area contributed by atoms with Crippen LogP contribution in [0.15, 0.2) is 18.2 Å². The third kappa shape index (κ3) is 2.01. The van der Waals surface area contributed by atoms with Crippen LogP contribution in [0.4, 0.5) is 0 Å². The Morgan fingerprint density at radius 3 is 2.70 bits per heavy atom. The molecule has 0 aliphatic carbocycles. The minimum Gasteiger partial charge on any atom is -0.330 e. The SMILES string of the molecule is Cc1nc(C)c(C(C)n2c(=S)[nH]c3c(C)cccc32)s1. The second kappa shape index (κ2) is 4.82. The summed E-state index contributed by atoms with van der Waals surface area (Å²) in [5.41, 5.74) is 4.61. The number of para-hydroxylation sites is 1. The largest absolute Gasteiger partial charge is 0.330 e. The average molecular weight is 303 g/mol. The molecule has 2 heterocycles. The molecule has 2 aromatic heterocycles. The molecule has 1 N–H and O–H groups in total. The highest BCUT2D eigenvalue weighted by molar-refractivity contribution is 7.71. The van der Waals surface area contributed by atoms with E-state index in [0.717, 1.165) is 26.5 Å². The summed E-state index contributed by atoms with van der Waals surface area (Å²) in [6, 6.07) is 6.50. The van der Waals surface area contributed by atoms with Gasteiger partial charge in [-0.15, -0.1) is 11.3 Å². The molecule has 0 aliphatic heterocycles. The van der Waals surface area contributed by atoms with Gasteiger partial charge >= 0.3 is 0 Å². The van der Waals surface area contributed by atoms with Crippen molar-refractivity contribution in [3.8, 4) is 0 Å². The van der Waals surface area contributed by atoms with Gasteiger partial charge in [-0.2, -0.15) is 0 Å². The summed E-state index contributed by atoms with van der Waals surface area (Å²) in [7, 11) is 0. The molecule has 20 heavy (non-hydrogen) atoms. The lowest BCUT2D eigenvalue weighted by Gasteiger charge is -2.13. The highest BCUT2D eigenvalue weighted by Crippen LogP contribution is 2.31. The second-order valence-corrected chi connectivity index (χ2v) is 6.75. The molecule has 104 valence electrons. The molecule has 1 unspecified atom stereocenters. The predicted octanol–water partition coefficient (Wildman–Crippen LogP) is 4.69. The van der Waals surface area contributed by atoms with Crippen molar-refractivity contribution in [1.82, 2.24) is 14.5 Å². The van der Waals surface area contributed by atoms with Gasteiger partial charge in [0.15, 0.2) is 4.77 Å². The van der Waals surface area contributed by atoms with Gasteiger partial charge in [0.25, 0.3) is 0 Å². The number of benzene rings is 1. The quantitative estimate of drug-likeness (QED) is 0.697. The number of aromatic nitrogens is 3. The maximum Gasteiger partial charge on any atom is 0.178 e. The number of nitrogens with zero attached hydrogens (tertiary/aromatic N) is 2. The molecule has 0 amide bonds. The van der Waals surface area contributed by atoms with E-state index in [2.05, 4.69) is 53.5 Å². The Balaban J connectivity index is 2.24. The number of nitrogens with one attached hydrogen (secondary N) is 1. The lowest BCUT2D eigenvalue weighted by atomic mass is 10.2. The number of thiazole rings is 1. The van der Waals surface area contributed by atoms with Crippen LogP contribution in [0.3, 0.4) is 0 Å². The van der Waals surface area contributed by atoms with Crippen LogP contribution in [0, 0.1) is 25.5 Å². The zero-order chi connectivity index (χ0) is 14.4. The van der Waals surface area contributed by atoms with E-state index < -0.39 is 0 Å². The Kier molecular flexibility index (Phi) is 3.26. The predicted molar refractivity (Wildman–Crippen MR) is 87.3 cm³/mol. The number of H-pyrrole nitrogens is 1. The van der Waals surface area contributed by atoms with Gasteiger partial charge in [0.2, 0.25) is 0 Å². The third-order valence-corrected chi connectivity index (χ3v) is 5.21. The van der Waals surface area contributed by atoms with E-state index >= 15 is 0 Å². The van der Waals surface area contributed by atoms with Crippen molar-refractivity contribution in [1.29, 1.82) is 0 Å². The number of rotatable bonds is 2. The minimum atomic E-state index is 0.198. The highest BCUT2D eigenvalue weighted by Gasteiger charge is 2.18. The number of aromatic amines is 1. The summed E-state index contributed by atoms with van der Waals surface area (Å²) < 4.78 is 2.96. The van der Waals surface area contributed by atoms with E-state index in [4.69, 9.17) is 12.2 Å². The molecule has 0 fully saturated rings. The molecule has 0 spiro atoms. The van der Waals surface area contributed by atoms with E-state index in [1.807, 2.05) is 6.92 Å². The van der Waals surface area contributed by atoms with Crippen LogP contribution in [-0.4, -0.2) is 14.5 Å². The van der Waals surface area contributed by atoms with Crippen molar-refractivity contribution < 1.29 is 0 Å². The molecule has 3 nitrogen and oxygen atoms in total. The normalized spacial score (nSPS) is 13.0. The molecule has 3 rings (SSSR count). The van der Waals surface area contributed by atoms with E-state index in [1.54, 1.807) is 11.3 Å². The van der Waals surface area contributed by atoms with Crippen molar-refractivity contribution in [3.63, 3.8) is 0 Å². The molecular formula is C15H17N3S2. The summed E-state index contributed by atoms with van der Waals surface area (Å²) in [5.74, 6) is 0. The number of aryl methyl sites for hydroxylation is 3. The first-order valence-electron chi connectivity index (χ1n) is 6.63. The number of hydrogen-bond donors (Lipinski definition) is 1. The lowest BCUT2D eigenvalue weighted by molar-refractivity contribution is 0.655. The first-order valence-corrected chi connectivity index (χ1v) is 7.85. The molecule has 1 aromatic carbocycles. The van der Waals surface area contributed by atoms with Crippen LogP contribution in [0.1, 0.15) is 34.1 Å². The van der Waals surface area contributed by atoms with Gasteiger partial charge in [0.05, 0.1) is 32.7 Å². The van der Waals surface area contributed by atoms with Gasteiger partial charge < -0.3 is 9.55 Å². The fourth-order valence-electron chi connectivity index (χ4n) is 2.73. The van der Waals surface area contributed by atoms with Gasteiger partial charge in [-0.3, -0.25) is 0 Å². The molecular weight excluding hydrogens is 286 g/mol. The van der Waals surface area contributed by atoms with E-state index in [0.29, 0.717) is 0 Å². The van der Waals surface area contributed by atoms with Crippen LogP contribution in [0.25, 0.3) is 11.0 Å². The van der Waals surface area contributed by atoms with Crippen molar-refractivity contribution >= 4 is 34.6 Å². The second-order valence-electron chi connectivity index (χ2n) is 5.13. The monoisotopic (exact) mass is 303 g/mol. The topological polar surface area (TPSA) is 33.6 Å². The van der Waals surface area contributed by atoms with Crippen LogP contribution >= 0.6 is 23.6 Å². The smallest absolute Gasteiger partial charge is 0.178 e. The maximum absolute atomic E-state index is 5.53. The number of hydrogen-bond acceptors (Lipinski definition) is 3. The van der Waals surface area contributed by atoms with Gasteiger partial charge in [-0.25, -0.2) is 4.98 Å². The van der Waals surface area contributed by atoms with E-state index in [9.17, 15) is 0 Å². The third-order valence-electron chi connectivity index (χ3n) is 3.67. The van der Waals surface area contributed by atoms with Gasteiger partial charge in [-0.1, -0.05) is 12.1 Å². The van der Waals surface area contributed by atoms with Crippen LogP contribution in [0.2, 0.25) is 0 Å². The Hall–Kier alpha value is -1.46.